The third-order valence-corrected chi connectivity index (χ3v) is 2.73. The molecule has 0 spiro atoms. The van der Waals surface area contributed by atoms with Crippen molar-refractivity contribution >= 4 is 5.97 Å². The van der Waals surface area contributed by atoms with Crippen LogP contribution in [-0.4, -0.2) is 11.1 Å². The molecule has 0 amide bonds. The molecule has 0 bridgehead atoms. The molecule has 74 valence electrons. The number of rotatable bonds is 2. The first-order valence-electron chi connectivity index (χ1n) is 4.67. The van der Waals surface area contributed by atoms with Gasteiger partial charge in [0, 0.05) is 0 Å². The van der Waals surface area contributed by atoms with Gasteiger partial charge >= 0.3 is 5.97 Å². The summed E-state index contributed by atoms with van der Waals surface area (Å²) in [6.07, 6.45) is 1.77. The highest BCUT2D eigenvalue weighted by Crippen LogP contribution is 2.35. The van der Waals surface area contributed by atoms with Crippen LogP contribution in [0.1, 0.15) is 29.9 Å². The van der Waals surface area contributed by atoms with Crippen molar-refractivity contribution in [2.75, 3.05) is 0 Å². The molecule has 2 rings (SSSR count). The summed E-state index contributed by atoms with van der Waals surface area (Å²) in [4.78, 5) is 10.6. The van der Waals surface area contributed by atoms with Crippen LogP contribution in [0.15, 0.2) is 18.2 Å². The Labute approximate surface area is 81.4 Å². The Morgan fingerprint density at radius 2 is 2.36 bits per heavy atom. The molecule has 0 heterocycles. The topological polar surface area (TPSA) is 37.3 Å². The summed E-state index contributed by atoms with van der Waals surface area (Å²) in [7, 11) is 0. The second kappa shape index (κ2) is 3.40. The summed E-state index contributed by atoms with van der Waals surface area (Å²) < 4.78 is 12.8. The second-order valence-corrected chi connectivity index (χ2v) is 3.68. The van der Waals surface area contributed by atoms with Gasteiger partial charge in [-0.25, -0.2) is 4.39 Å². The number of carbonyl (C=O) groups is 1. The van der Waals surface area contributed by atoms with Crippen molar-refractivity contribution in [2.24, 2.45) is 0 Å². The van der Waals surface area contributed by atoms with Crippen molar-refractivity contribution < 1.29 is 14.3 Å². The average molecular weight is 194 g/mol. The molecule has 0 radical (unpaired) electrons. The van der Waals surface area contributed by atoms with Gasteiger partial charge in [-0.2, -0.15) is 0 Å². The molecule has 1 aliphatic rings. The highest BCUT2D eigenvalue weighted by Gasteiger charge is 2.24. The number of aryl methyl sites for hydroxylation is 1. The number of hydrogen-bond donors (Lipinski definition) is 1. The standard InChI is InChI=1S/C11H11FO2/c12-9-3-4-10-7(5-9)1-2-8(10)6-11(13)14/h3-5,8H,1-2,6H2,(H,13,14). The number of carboxylic acid groups (broad SMARTS) is 1. The van der Waals surface area contributed by atoms with E-state index in [0.29, 0.717) is 0 Å². The van der Waals surface area contributed by atoms with Gasteiger partial charge in [-0.3, -0.25) is 4.79 Å². The molecule has 1 unspecified atom stereocenters. The molecule has 0 fully saturated rings. The SMILES string of the molecule is O=C(O)CC1CCc2cc(F)ccc21. The van der Waals surface area contributed by atoms with Gasteiger partial charge in [0.05, 0.1) is 6.42 Å². The average Bonchev–Trinajstić information content (AvgIpc) is 2.47. The summed E-state index contributed by atoms with van der Waals surface area (Å²) >= 11 is 0. The summed E-state index contributed by atoms with van der Waals surface area (Å²) in [6, 6.07) is 4.63. The highest BCUT2D eigenvalue weighted by atomic mass is 19.1. The Morgan fingerprint density at radius 3 is 3.07 bits per heavy atom. The molecular weight excluding hydrogens is 183 g/mol. The van der Waals surface area contributed by atoms with E-state index in [0.717, 1.165) is 24.0 Å². The van der Waals surface area contributed by atoms with Crippen molar-refractivity contribution in [1.82, 2.24) is 0 Å². The third-order valence-electron chi connectivity index (χ3n) is 2.73. The van der Waals surface area contributed by atoms with Crippen LogP contribution >= 0.6 is 0 Å². The summed E-state index contributed by atoms with van der Waals surface area (Å²) in [5, 5.41) is 8.68. The van der Waals surface area contributed by atoms with Crippen LogP contribution in [0, 0.1) is 5.82 Å². The van der Waals surface area contributed by atoms with Gasteiger partial charge in [-0.05, 0) is 42.0 Å². The normalized spacial score (nSPS) is 19.4. The van der Waals surface area contributed by atoms with Crippen LogP contribution in [0.3, 0.4) is 0 Å². The molecule has 0 saturated heterocycles. The lowest BCUT2D eigenvalue weighted by Crippen LogP contribution is -2.02. The number of carboxylic acids is 1. The highest BCUT2D eigenvalue weighted by molar-refractivity contribution is 5.68. The van der Waals surface area contributed by atoms with Crippen LogP contribution in [0.2, 0.25) is 0 Å². The van der Waals surface area contributed by atoms with E-state index in [4.69, 9.17) is 5.11 Å². The van der Waals surface area contributed by atoms with Crippen molar-refractivity contribution in [3.8, 4) is 0 Å². The largest absolute Gasteiger partial charge is 0.481 e. The van der Waals surface area contributed by atoms with E-state index < -0.39 is 5.97 Å². The predicted molar refractivity (Wildman–Crippen MR) is 49.7 cm³/mol. The Bertz CT molecular complexity index is 374. The summed E-state index contributed by atoms with van der Waals surface area (Å²) in [5.74, 6) is -0.949. The van der Waals surface area contributed by atoms with Crippen LogP contribution in [0.4, 0.5) is 4.39 Å². The van der Waals surface area contributed by atoms with E-state index in [2.05, 4.69) is 0 Å². The van der Waals surface area contributed by atoms with Crippen molar-refractivity contribution in [3.05, 3.63) is 35.1 Å². The van der Waals surface area contributed by atoms with Crippen molar-refractivity contribution in [3.63, 3.8) is 0 Å². The van der Waals surface area contributed by atoms with E-state index >= 15 is 0 Å². The van der Waals surface area contributed by atoms with Gasteiger partial charge in [-0.15, -0.1) is 0 Å². The maximum Gasteiger partial charge on any atom is 0.303 e. The van der Waals surface area contributed by atoms with Gasteiger partial charge in [0.15, 0.2) is 0 Å². The zero-order chi connectivity index (χ0) is 10.1. The zero-order valence-electron chi connectivity index (χ0n) is 7.66. The minimum absolute atomic E-state index is 0.0723. The number of hydrogen-bond acceptors (Lipinski definition) is 1. The van der Waals surface area contributed by atoms with Crippen LogP contribution in [0.5, 0.6) is 0 Å². The van der Waals surface area contributed by atoms with E-state index in [1.54, 1.807) is 6.07 Å². The first-order chi connectivity index (χ1) is 6.66. The maximum atomic E-state index is 12.8. The lowest BCUT2D eigenvalue weighted by Gasteiger charge is -2.07. The molecule has 14 heavy (non-hydrogen) atoms. The Kier molecular flexibility index (Phi) is 2.23. The molecule has 1 aromatic rings. The fourth-order valence-electron chi connectivity index (χ4n) is 2.10. The number of halogens is 1. The van der Waals surface area contributed by atoms with Crippen LogP contribution < -0.4 is 0 Å². The fraction of sp³-hybridized carbons (Fsp3) is 0.364. The molecule has 0 saturated carbocycles. The molecule has 1 aromatic carbocycles. The first kappa shape index (κ1) is 9.19. The predicted octanol–water partition coefficient (Wildman–Crippen LogP) is 2.33. The number of fused-ring (bicyclic) bond motifs is 1. The quantitative estimate of drug-likeness (QED) is 0.784. The lowest BCUT2D eigenvalue weighted by atomic mass is 9.98. The minimum atomic E-state index is -0.785. The first-order valence-corrected chi connectivity index (χ1v) is 4.67. The molecule has 1 aliphatic carbocycles. The Balaban J connectivity index is 2.26. The smallest absolute Gasteiger partial charge is 0.303 e. The minimum Gasteiger partial charge on any atom is -0.481 e. The van der Waals surface area contributed by atoms with Crippen LogP contribution in [0.25, 0.3) is 0 Å². The lowest BCUT2D eigenvalue weighted by molar-refractivity contribution is -0.137. The van der Waals surface area contributed by atoms with E-state index in [1.807, 2.05) is 0 Å². The third kappa shape index (κ3) is 1.62. The Hall–Kier alpha value is -1.38. The summed E-state index contributed by atoms with van der Waals surface area (Å²) in [6.45, 7) is 0. The van der Waals surface area contributed by atoms with Gasteiger partial charge < -0.3 is 5.11 Å². The van der Waals surface area contributed by atoms with E-state index in [9.17, 15) is 9.18 Å². The molecule has 0 aliphatic heterocycles. The summed E-state index contributed by atoms with van der Waals surface area (Å²) in [5.41, 5.74) is 1.98. The van der Waals surface area contributed by atoms with Crippen molar-refractivity contribution in [2.45, 2.75) is 25.2 Å². The molecule has 2 nitrogen and oxygen atoms in total. The van der Waals surface area contributed by atoms with Gasteiger partial charge in [0.1, 0.15) is 5.82 Å². The molecule has 0 aromatic heterocycles. The van der Waals surface area contributed by atoms with Crippen LogP contribution in [-0.2, 0) is 11.2 Å². The van der Waals surface area contributed by atoms with Gasteiger partial charge in [0.2, 0.25) is 0 Å². The van der Waals surface area contributed by atoms with E-state index in [-0.39, 0.29) is 18.2 Å². The second-order valence-electron chi connectivity index (χ2n) is 3.68. The maximum absolute atomic E-state index is 12.8. The monoisotopic (exact) mass is 194 g/mol. The number of benzene rings is 1. The zero-order valence-corrected chi connectivity index (χ0v) is 7.66. The van der Waals surface area contributed by atoms with Gasteiger partial charge in [0.25, 0.3) is 0 Å². The fourth-order valence-corrected chi connectivity index (χ4v) is 2.10. The molecule has 1 atom stereocenters. The van der Waals surface area contributed by atoms with Crippen molar-refractivity contribution in [1.29, 1.82) is 0 Å². The number of aliphatic carboxylic acids is 1. The molecule has 1 N–H and O–H groups in total. The van der Waals surface area contributed by atoms with E-state index in [1.165, 1.54) is 12.1 Å². The molecule has 3 heteroatoms. The molecular formula is C11H11FO2. The Morgan fingerprint density at radius 1 is 1.57 bits per heavy atom. The van der Waals surface area contributed by atoms with Gasteiger partial charge in [-0.1, -0.05) is 6.07 Å².